The van der Waals surface area contributed by atoms with Crippen molar-refractivity contribution in [2.75, 3.05) is 37.9 Å². The molecule has 1 aliphatic heterocycles. The molecule has 1 heterocycles. The van der Waals surface area contributed by atoms with Crippen molar-refractivity contribution in [3.8, 4) is 11.5 Å². The molecule has 0 bridgehead atoms. The van der Waals surface area contributed by atoms with E-state index in [2.05, 4.69) is 0 Å². The first-order valence-corrected chi connectivity index (χ1v) is 10.6. The number of anilines is 1. The minimum atomic E-state index is -3.35. The Kier molecular flexibility index (Phi) is 5.78. The maximum absolute atomic E-state index is 12.4. The standard InChI is InChI=1S/C20H21NO7S/c1-26-16-9-15(10-17(11-16)27-2)20(23)28-12-19(22)14-4-5-18-13(8-14)6-7-21(18)29(3,24)25/h4-5,8-11H,6-7,12H2,1-3H3. The minimum absolute atomic E-state index is 0.201. The number of carbonyl (C=O) groups is 2. The Labute approximate surface area is 169 Å². The maximum atomic E-state index is 12.4. The molecule has 0 unspecified atom stereocenters. The quantitative estimate of drug-likeness (QED) is 0.500. The van der Waals surface area contributed by atoms with Gasteiger partial charge >= 0.3 is 5.97 Å². The number of ether oxygens (including phenoxy) is 3. The fourth-order valence-electron chi connectivity index (χ4n) is 3.11. The number of hydrogen-bond acceptors (Lipinski definition) is 7. The van der Waals surface area contributed by atoms with Gasteiger partial charge < -0.3 is 14.2 Å². The van der Waals surface area contributed by atoms with Crippen molar-refractivity contribution in [3.63, 3.8) is 0 Å². The number of methoxy groups -OCH3 is 2. The molecule has 29 heavy (non-hydrogen) atoms. The van der Waals surface area contributed by atoms with E-state index in [1.54, 1.807) is 18.2 Å². The number of carbonyl (C=O) groups excluding carboxylic acids is 2. The van der Waals surface area contributed by atoms with Crippen LogP contribution in [0.2, 0.25) is 0 Å². The lowest BCUT2D eigenvalue weighted by Crippen LogP contribution is -2.27. The number of sulfonamides is 1. The fourth-order valence-corrected chi connectivity index (χ4v) is 4.07. The Bertz CT molecular complexity index is 1040. The normalized spacial score (nSPS) is 13.0. The van der Waals surface area contributed by atoms with Gasteiger partial charge in [0.15, 0.2) is 12.4 Å². The molecule has 3 rings (SSSR count). The average Bonchev–Trinajstić information content (AvgIpc) is 3.14. The van der Waals surface area contributed by atoms with Gasteiger partial charge in [-0.2, -0.15) is 0 Å². The van der Waals surface area contributed by atoms with Crippen molar-refractivity contribution in [3.05, 3.63) is 53.1 Å². The summed E-state index contributed by atoms with van der Waals surface area (Å²) >= 11 is 0. The number of nitrogens with zero attached hydrogens (tertiary/aromatic N) is 1. The van der Waals surface area contributed by atoms with E-state index < -0.39 is 22.6 Å². The summed E-state index contributed by atoms with van der Waals surface area (Å²) in [5.74, 6) is -0.206. The summed E-state index contributed by atoms with van der Waals surface area (Å²) in [6, 6.07) is 9.38. The Hall–Kier alpha value is -3.07. The van der Waals surface area contributed by atoms with Crippen LogP contribution >= 0.6 is 0 Å². The van der Waals surface area contributed by atoms with Gasteiger partial charge in [0.1, 0.15) is 11.5 Å². The highest BCUT2D eigenvalue weighted by Crippen LogP contribution is 2.31. The van der Waals surface area contributed by atoms with Crippen molar-refractivity contribution < 1.29 is 32.2 Å². The van der Waals surface area contributed by atoms with Crippen LogP contribution in [0.3, 0.4) is 0 Å². The van der Waals surface area contributed by atoms with Crippen LogP contribution in [0, 0.1) is 0 Å². The summed E-state index contributed by atoms with van der Waals surface area (Å²) in [5.41, 5.74) is 1.90. The molecule has 0 spiro atoms. The van der Waals surface area contributed by atoms with Crippen molar-refractivity contribution in [2.24, 2.45) is 0 Å². The van der Waals surface area contributed by atoms with Crippen molar-refractivity contribution >= 4 is 27.5 Å². The molecule has 0 aromatic heterocycles. The predicted octanol–water partition coefficient (Wildman–Crippen LogP) is 2.07. The topological polar surface area (TPSA) is 99.2 Å². The Morgan fingerprint density at radius 3 is 2.24 bits per heavy atom. The third kappa shape index (κ3) is 4.51. The van der Waals surface area contributed by atoms with Gasteiger partial charge in [0, 0.05) is 18.2 Å². The second kappa shape index (κ2) is 8.12. The van der Waals surface area contributed by atoms with Crippen LogP contribution in [0.5, 0.6) is 11.5 Å². The summed E-state index contributed by atoms with van der Waals surface area (Å²) in [6.07, 6.45) is 1.67. The van der Waals surface area contributed by atoms with Crippen molar-refractivity contribution in [1.82, 2.24) is 0 Å². The molecule has 2 aromatic carbocycles. The molecular formula is C20H21NO7S. The zero-order valence-electron chi connectivity index (χ0n) is 16.3. The summed E-state index contributed by atoms with van der Waals surface area (Å²) in [6.45, 7) is -0.0919. The van der Waals surface area contributed by atoms with Crippen LogP contribution in [-0.4, -0.2) is 53.8 Å². The highest BCUT2D eigenvalue weighted by Gasteiger charge is 2.27. The van der Waals surface area contributed by atoms with Gasteiger partial charge in [-0.05, 0) is 42.3 Å². The highest BCUT2D eigenvalue weighted by molar-refractivity contribution is 7.92. The zero-order valence-corrected chi connectivity index (χ0v) is 17.1. The van der Waals surface area contributed by atoms with E-state index in [0.717, 1.165) is 11.8 Å². The number of fused-ring (bicyclic) bond motifs is 1. The number of rotatable bonds is 7. The summed E-state index contributed by atoms with van der Waals surface area (Å²) in [7, 11) is -0.425. The molecule has 154 valence electrons. The number of hydrogen-bond donors (Lipinski definition) is 0. The van der Waals surface area contributed by atoms with Crippen LogP contribution < -0.4 is 13.8 Å². The van der Waals surface area contributed by atoms with Crippen LogP contribution in [0.15, 0.2) is 36.4 Å². The smallest absolute Gasteiger partial charge is 0.338 e. The largest absolute Gasteiger partial charge is 0.497 e. The fraction of sp³-hybridized carbons (Fsp3) is 0.300. The first-order chi connectivity index (χ1) is 13.7. The van der Waals surface area contributed by atoms with Crippen LogP contribution in [0.4, 0.5) is 5.69 Å². The Morgan fingerprint density at radius 2 is 1.66 bits per heavy atom. The molecule has 0 radical (unpaired) electrons. The Morgan fingerprint density at radius 1 is 1.00 bits per heavy atom. The van der Waals surface area contributed by atoms with Gasteiger partial charge in [-0.15, -0.1) is 0 Å². The molecule has 9 heteroatoms. The van der Waals surface area contributed by atoms with Gasteiger partial charge in [0.2, 0.25) is 10.0 Å². The second-order valence-electron chi connectivity index (χ2n) is 6.53. The van der Waals surface area contributed by atoms with Gasteiger partial charge in [0.25, 0.3) is 0 Å². The first-order valence-electron chi connectivity index (χ1n) is 8.77. The van der Waals surface area contributed by atoms with E-state index in [4.69, 9.17) is 14.2 Å². The third-order valence-electron chi connectivity index (χ3n) is 4.58. The SMILES string of the molecule is COc1cc(OC)cc(C(=O)OCC(=O)c2ccc3c(c2)CCN3S(C)(=O)=O)c1. The number of esters is 1. The van der Waals surface area contributed by atoms with Crippen molar-refractivity contribution in [2.45, 2.75) is 6.42 Å². The van der Waals surface area contributed by atoms with Gasteiger partial charge in [-0.1, -0.05) is 0 Å². The van der Waals surface area contributed by atoms with Crippen LogP contribution in [0.1, 0.15) is 26.3 Å². The van der Waals surface area contributed by atoms with Crippen LogP contribution in [0.25, 0.3) is 0 Å². The molecular weight excluding hydrogens is 398 g/mol. The van der Waals surface area contributed by atoms with Crippen molar-refractivity contribution in [1.29, 1.82) is 0 Å². The van der Waals surface area contributed by atoms with Gasteiger partial charge in [-0.25, -0.2) is 13.2 Å². The predicted molar refractivity (Wildman–Crippen MR) is 106 cm³/mol. The summed E-state index contributed by atoms with van der Waals surface area (Å²) < 4.78 is 40.3. The Balaban J connectivity index is 1.70. The summed E-state index contributed by atoms with van der Waals surface area (Å²) in [5, 5.41) is 0. The molecule has 0 saturated carbocycles. The minimum Gasteiger partial charge on any atom is -0.497 e. The summed E-state index contributed by atoms with van der Waals surface area (Å²) in [4.78, 5) is 24.7. The van der Waals surface area contributed by atoms with E-state index in [0.29, 0.717) is 35.7 Å². The van der Waals surface area contributed by atoms with E-state index in [1.807, 2.05) is 0 Å². The van der Waals surface area contributed by atoms with E-state index in [-0.39, 0.29) is 11.3 Å². The van der Waals surface area contributed by atoms with Gasteiger partial charge in [0.05, 0.1) is 31.7 Å². The van der Waals surface area contributed by atoms with E-state index in [9.17, 15) is 18.0 Å². The molecule has 0 amide bonds. The molecule has 0 atom stereocenters. The van der Waals surface area contributed by atoms with Crippen LogP contribution in [-0.2, 0) is 21.2 Å². The lowest BCUT2D eigenvalue weighted by atomic mass is 10.1. The molecule has 1 aliphatic rings. The molecule has 0 N–H and O–H groups in total. The molecule has 8 nitrogen and oxygen atoms in total. The number of ketones is 1. The number of benzene rings is 2. The third-order valence-corrected chi connectivity index (χ3v) is 5.76. The number of Topliss-reactive ketones (excluding diaryl/α,β-unsaturated/α-hetero) is 1. The van der Waals surface area contributed by atoms with E-state index >= 15 is 0 Å². The highest BCUT2D eigenvalue weighted by atomic mass is 32.2. The first kappa shape index (κ1) is 20.7. The molecule has 0 fully saturated rings. The molecule has 0 aliphatic carbocycles. The zero-order chi connectivity index (χ0) is 21.2. The second-order valence-corrected chi connectivity index (χ2v) is 8.44. The van der Waals surface area contributed by atoms with Gasteiger partial charge in [-0.3, -0.25) is 9.10 Å². The lowest BCUT2D eigenvalue weighted by molar-refractivity contribution is 0.0474. The average molecular weight is 419 g/mol. The van der Waals surface area contributed by atoms with E-state index in [1.165, 1.54) is 36.7 Å². The monoisotopic (exact) mass is 419 g/mol. The molecule has 2 aromatic rings. The lowest BCUT2D eigenvalue weighted by Gasteiger charge is -2.16. The molecule has 0 saturated heterocycles. The maximum Gasteiger partial charge on any atom is 0.338 e.